The topological polar surface area (TPSA) is 135 Å². The lowest BCUT2D eigenvalue weighted by molar-refractivity contribution is -0.385. The van der Waals surface area contributed by atoms with Crippen molar-refractivity contribution in [1.82, 2.24) is 0 Å². The summed E-state index contributed by atoms with van der Waals surface area (Å²) >= 11 is 11.9. The average molecular weight is 502 g/mol. The Kier molecular flexibility index (Phi) is 6.41. The van der Waals surface area contributed by atoms with Gasteiger partial charge in [-0.3, -0.25) is 19.6 Å². The van der Waals surface area contributed by atoms with Gasteiger partial charge in [0.2, 0.25) is 0 Å². The molecule has 0 atom stereocenters. The molecule has 9 nitrogen and oxygen atoms in total. The maximum Gasteiger partial charge on any atom is 0.270 e. The van der Waals surface area contributed by atoms with E-state index in [1.807, 2.05) is 0 Å². The summed E-state index contributed by atoms with van der Waals surface area (Å²) in [6.07, 6.45) is 0. The fourth-order valence-electron chi connectivity index (χ4n) is 2.47. The van der Waals surface area contributed by atoms with E-state index in [4.69, 9.17) is 23.2 Å². The number of nitro benzene ring substituents is 1. The minimum Gasteiger partial charge on any atom is -0.280 e. The first-order chi connectivity index (χ1) is 14.5. The van der Waals surface area contributed by atoms with Crippen LogP contribution in [0.2, 0.25) is 10.0 Å². The zero-order valence-electron chi connectivity index (χ0n) is 15.3. The van der Waals surface area contributed by atoms with Crippen LogP contribution in [0.1, 0.15) is 0 Å². The van der Waals surface area contributed by atoms with Gasteiger partial charge in [-0.05, 0) is 42.5 Å². The second-order valence-electron chi connectivity index (χ2n) is 6.09. The monoisotopic (exact) mass is 501 g/mol. The lowest BCUT2D eigenvalue weighted by Gasteiger charge is -2.12. The van der Waals surface area contributed by atoms with E-state index in [0.717, 1.165) is 12.1 Å². The lowest BCUT2D eigenvalue weighted by atomic mass is 10.3. The van der Waals surface area contributed by atoms with Crippen molar-refractivity contribution in [2.45, 2.75) is 9.79 Å². The molecule has 0 bridgehead atoms. The Hall–Kier alpha value is -2.86. The first-order valence-electron chi connectivity index (χ1n) is 8.34. The van der Waals surface area contributed by atoms with Crippen molar-refractivity contribution < 1.29 is 21.8 Å². The molecule has 13 heteroatoms. The van der Waals surface area contributed by atoms with Gasteiger partial charge in [0.15, 0.2) is 0 Å². The SMILES string of the molecule is O=[N+]([O-])c1cccc(S(=O)(=O)Nc2ccc(S(=O)(=O)Nc3cccc(Cl)c3Cl)cc2)c1. The van der Waals surface area contributed by atoms with Crippen LogP contribution in [0.4, 0.5) is 17.1 Å². The molecule has 0 unspecified atom stereocenters. The van der Waals surface area contributed by atoms with Crippen molar-refractivity contribution in [3.8, 4) is 0 Å². The highest BCUT2D eigenvalue weighted by Gasteiger charge is 2.20. The van der Waals surface area contributed by atoms with Gasteiger partial charge >= 0.3 is 0 Å². The molecule has 0 aliphatic carbocycles. The molecule has 0 amide bonds. The van der Waals surface area contributed by atoms with E-state index >= 15 is 0 Å². The molecule has 0 aliphatic heterocycles. The summed E-state index contributed by atoms with van der Waals surface area (Å²) in [6, 6.07) is 13.8. The van der Waals surface area contributed by atoms with E-state index in [9.17, 15) is 26.9 Å². The van der Waals surface area contributed by atoms with Crippen molar-refractivity contribution in [3.05, 3.63) is 86.9 Å². The van der Waals surface area contributed by atoms with Crippen molar-refractivity contribution in [2.75, 3.05) is 9.44 Å². The van der Waals surface area contributed by atoms with Crippen molar-refractivity contribution >= 4 is 60.3 Å². The van der Waals surface area contributed by atoms with Crippen LogP contribution in [0.5, 0.6) is 0 Å². The Bertz CT molecular complexity index is 1360. The molecule has 162 valence electrons. The molecule has 2 N–H and O–H groups in total. The first-order valence-corrected chi connectivity index (χ1v) is 12.1. The van der Waals surface area contributed by atoms with Gasteiger partial charge in [-0.25, -0.2) is 16.8 Å². The van der Waals surface area contributed by atoms with Crippen molar-refractivity contribution in [1.29, 1.82) is 0 Å². The van der Waals surface area contributed by atoms with Crippen LogP contribution < -0.4 is 9.44 Å². The number of halogens is 2. The molecule has 31 heavy (non-hydrogen) atoms. The molecular weight excluding hydrogens is 489 g/mol. The summed E-state index contributed by atoms with van der Waals surface area (Å²) in [4.78, 5) is 9.68. The van der Waals surface area contributed by atoms with Crippen molar-refractivity contribution in [2.24, 2.45) is 0 Å². The number of anilines is 2. The van der Waals surface area contributed by atoms with Crippen LogP contribution in [0, 0.1) is 10.1 Å². The number of nitrogens with one attached hydrogen (secondary N) is 2. The summed E-state index contributed by atoms with van der Waals surface area (Å²) in [5.41, 5.74) is -0.231. The number of nitro groups is 1. The highest BCUT2D eigenvalue weighted by molar-refractivity contribution is 7.93. The van der Waals surface area contributed by atoms with Gasteiger partial charge in [-0.15, -0.1) is 0 Å². The number of sulfonamides is 2. The second-order valence-corrected chi connectivity index (χ2v) is 10.2. The minimum atomic E-state index is -4.13. The van der Waals surface area contributed by atoms with Gasteiger partial charge in [-0.1, -0.05) is 35.3 Å². The van der Waals surface area contributed by atoms with Crippen LogP contribution in [0.15, 0.2) is 76.5 Å². The molecular formula is C18H13Cl2N3O6S2. The van der Waals surface area contributed by atoms with Crippen LogP contribution >= 0.6 is 23.2 Å². The molecule has 0 heterocycles. The molecule has 3 aromatic rings. The minimum absolute atomic E-state index is 0.0362. The third-order valence-corrected chi connectivity index (χ3v) is 7.53. The van der Waals surface area contributed by atoms with Crippen LogP contribution in [0.25, 0.3) is 0 Å². The highest BCUT2D eigenvalue weighted by atomic mass is 35.5. The van der Waals surface area contributed by atoms with E-state index in [1.54, 1.807) is 0 Å². The zero-order valence-corrected chi connectivity index (χ0v) is 18.5. The Balaban J connectivity index is 1.82. The Morgan fingerprint density at radius 3 is 2.03 bits per heavy atom. The van der Waals surface area contributed by atoms with Gasteiger partial charge in [0.05, 0.1) is 30.4 Å². The van der Waals surface area contributed by atoms with Gasteiger partial charge in [0.25, 0.3) is 25.7 Å². The number of hydrogen-bond donors (Lipinski definition) is 2. The molecule has 0 fully saturated rings. The van der Waals surface area contributed by atoms with Gasteiger partial charge < -0.3 is 0 Å². The normalized spacial score (nSPS) is 11.7. The fourth-order valence-corrected chi connectivity index (χ4v) is 5.04. The number of nitrogens with zero attached hydrogens (tertiary/aromatic N) is 1. The summed E-state index contributed by atoms with van der Waals surface area (Å²) in [6.45, 7) is 0. The molecule has 0 saturated heterocycles. The van der Waals surface area contributed by atoms with Gasteiger partial charge in [0, 0.05) is 17.8 Å². The molecule has 0 aliphatic rings. The largest absolute Gasteiger partial charge is 0.280 e. The van der Waals surface area contributed by atoms with E-state index in [1.165, 1.54) is 54.6 Å². The molecule has 0 aromatic heterocycles. The Labute approximate surface area is 187 Å². The van der Waals surface area contributed by atoms with E-state index < -0.39 is 25.0 Å². The Morgan fingerprint density at radius 1 is 0.774 bits per heavy atom. The van der Waals surface area contributed by atoms with Gasteiger partial charge in [0.1, 0.15) is 0 Å². The average Bonchev–Trinajstić information content (AvgIpc) is 2.71. The standard InChI is InChI=1S/C18H13Cl2N3O6S2/c19-16-5-2-6-17(18(16)20)22-30(26,27)14-9-7-12(8-10-14)21-31(28,29)15-4-1-3-13(11-15)23(24)25/h1-11,21-22H. The summed E-state index contributed by atoms with van der Waals surface area (Å²) < 4.78 is 54.6. The number of non-ortho nitro benzene ring substituents is 1. The number of hydrogen-bond acceptors (Lipinski definition) is 6. The molecule has 0 spiro atoms. The quantitative estimate of drug-likeness (QED) is 0.361. The lowest BCUT2D eigenvalue weighted by Crippen LogP contribution is -2.15. The van der Waals surface area contributed by atoms with E-state index in [-0.39, 0.29) is 36.9 Å². The van der Waals surface area contributed by atoms with Crippen LogP contribution in [0.3, 0.4) is 0 Å². The van der Waals surface area contributed by atoms with Crippen molar-refractivity contribution in [3.63, 3.8) is 0 Å². The third-order valence-electron chi connectivity index (χ3n) is 3.95. The van der Waals surface area contributed by atoms with Crippen LogP contribution in [-0.2, 0) is 20.0 Å². The first kappa shape index (κ1) is 22.8. The summed E-state index contributed by atoms with van der Waals surface area (Å²) in [5, 5.41) is 11.1. The fraction of sp³-hybridized carbons (Fsp3) is 0. The molecule has 3 aromatic carbocycles. The summed E-state index contributed by atoms with van der Waals surface area (Å²) in [5.74, 6) is 0. The zero-order chi connectivity index (χ0) is 22.8. The summed E-state index contributed by atoms with van der Waals surface area (Å²) in [7, 11) is -8.15. The third kappa shape index (κ3) is 5.25. The van der Waals surface area contributed by atoms with Gasteiger partial charge in [-0.2, -0.15) is 0 Å². The predicted octanol–water partition coefficient (Wildman–Crippen LogP) is 4.50. The molecule has 3 rings (SSSR count). The molecule has 0 radical (unpaired) electrons. The predicted molar refractivity (Wildman–Crippen MR) is 118 cm³/mol. The second kappa shape index (κ2) is 8.71. The number of rotatable bonds is 7. The number of benzene rings is 3. The van der Waals surface area contributed by atoms with E-state index in [0.29, 0.717) is 0 Å². The maximum atomic E-state index is 12.6. The van der Waals surface area contributed by atoms with E-state index in [2.05, 4.69) is 9.44 Å². The van der Waals surface area contributed by atoms with Crippen LogP contribution in [-0.4, -0.2) is 21.8 Å². The molecule has 0 saturated carbocycles. The smallest absolute Gasteiger partial charge is 0.270 e. The maximum absolute atomic E-state index is 12.6. The highest BCUT2D eigenvalue weighted by Crippen LogP contribution is 2.31. The Morgan fingerprint density at radius 2 is 1.39 bits per heavy atom.